The number of benzene rings is 5. The van der Waals surface area contributed by atoms with Crippen LogP contribution >= 0.6 is 11.6 Å². The van der Waals surface area contributed by atoms with E-state index in [1.54, 1.807) is 17.0 Å². The van der Waals surface area contributed by atoms with E-state index in [-0.39, 0.29) is 22.2 Å². The van der Waals surface area contributed by atoms with Crippen LogP contribution < -0.4 is 4.90 Å². The molecule has 0 saturated carbocycles. The monoisotopic (exact) mass is 655 g/mol. The number of hydrogen-bond donors (Lipinski definition) is 0. The highest BCUT2D eigenvalue weighted by Gasteiger charge is 2.35. The normalized spacial score (nSPS) is 13.8. The van der Waals surface area contributed by atoms with E-state index in [9.17, 15) is 28.1 Å². The third kappa shape index (κ3) is 5.74. The molecule has 6 aromatic rings. The minimum atomic E-state index is -4.62. The molecule has 7 rings (SSSR count). The van der Waals surface area contributed by atoms with Gasteiger partial charge in [0.25, 0.3) is 11.6 Å². The van der Waals surface area contributed by atoms with Crippen LogP contribution in [0.4, 0.5) is 24.5 Å². The minimum Gasteiger partial charge on any atom is -0.368 e. The van der Waals surface area contributed by atoms with Gasteiger partial charge >= 0.3 is 6.18 Å². The number of aromatic nitrogens is 2. The van der Waals surface area contributed by atoms with Crippen LogP contribution in [0.2, 0.25) is 5.02 Å². The van der Waals surface area contributed by atoms with Crippen molar-refractivity contribution in [2.24, 2.45) is 0 Å². The van der Waals surface area contributed by atoms with Crippen molar-refractivity contribution in [2.45, 2.75) is 6.18 Å². The van der Waals surface area contributed by atoms with Crippen LogP contribution in [0.15, 0.2) is 103 Å². The molecule has 1 fully saturated rings. The molecule has 236 valence electrons. The molecule has 0 unspecified atom stereocenters. The van der Waals surface area contributed by atoms with Gasteiger partial charge in [-0.05, 0) is 70.1 Å². The maximum Gasteiger partial charge on any atom is 0.435 e. The fourth-order valence-corrected chi connectivity index (χ4v) is 6.22. The molecule has 8 nitrogen and oxygen atoms in total. The summed E-state index contributed by atoms with van der Waals surface area (Å²) in [5, 5.41) is 19.2. The number of nitro groups is 1. The van der Waals surface area contributed by atoms with Gasteiger partial charge in [-0.1, -0.05) is 60.1 Å². The number of halogens is 4. The topological polar surface area (TPSA) is 84.5 Å². The lowest BCUT2D eigenvalue weighted by Gasteiger charge is -2.36. The van der Waals surface area contributed by atoms with E-state index in [2.05, 4.69) is 10.00 Å². The van der Waals surface area contributed by atoms with E-state index in [0.29, 0.717) is 43.1 Å². The Labute approximate surface area is 271 Å². The van der Waals surface area contributed by atoms with E-state index in [1.165, 1.54) is 22.9 Å². The van der Waals surface area contributed by atoms with E-state index >= 15 is 0 Å². The lowest BCUT2D eigenvalue weighted by atomic mass is 9.99. The van der Waals surface area contributed by atoms with Gasteiger partial charge in [0.2, 0.25) is 0 Å². The van der Waals surface area contributed by atoms with Crippen molar-refractivity contribution in [3.8, 4) is 16.9 Å². The predicted octanol–water partition coefficient (Wildman–Crippen LogP) is 8.39. The number of fused-ring (bicyclic) bond motifs is 3. The summed E-state index contributed by atoms with van der Waals surface area (Å²) in [5.74, 6) is -0.326. The molecule has 1 aliphatic heterocycles. The fourth-order valence-electron chi connectivity index (χ4n) is 6.04. The van der Waals surface area contributed by atoms with E-state index < -0.39 is 16.8 Å². The van der Waals surface area contributed by atoms with Crippen LogP contribution in [-0.2, 0) is 6.18 Å². The second kappa shape index (κ2) is 11.7. The Morgan fingerprint density at radius 1 is 0.787 bits per heavy atom. The number of carbonyl (C=O) groups excluding carboxylic acids is 1. The average Bonchev–Trinajstić information content (AvgIpc) is 3.55. The molecule has 5 aromatic carbocycles. The fraction of sp³-hybridized carbons (Fsp3) is 0.143. The first-order valence-corrected chi connectivity index (χ1v) is 15.1. The van der Waals surface area contributed by atoms with Crippen molar-refractivity contribution in [2.75, 3.05) is 31.1 Å². The second-order valence-electron chi connectivity index (χ2n) is 11.3. The van der Waals surface area contributed by atoms with Crippen LogP contribution in [0, 0.1) is 10.1 Å². The van der Waals surface area contributed by atoms with Crippen LogP contribution in [0.5, 0.6) is 0 Å². The van der Waals surface area contributed by atoms with Gasteiger partial charge < -0.3 is 9.80 Å². The average molecular weight is 656 g/mol. The number of nitrogens with zero attached hydrogens (tertiary/aromatic N) is 5. The molecular weight excluding hydrogens is 631 g/mol. The Hall–Kier alpha value is -5.42. The summed E-state index contributed by atoms with van der Waals surface area (Å²) in [5.41, 5.74) is 1.10. The number of nitro benzene ring substituents is 1. The summed E-state index contributed by atoms with van der Waals surface area (Å²) in [4.78, 5) is 27.3. The van der Waals surface area contributed by atoms with Gasteiger partial charge in [0.15, 0.2) is 5.69 Å². The molecule has 0 atom stereocenters. The summed E-state index contributed by atoms with van der Waals surface area (Å²) < 4.78 is 42.9. The van der Waals surface area contributed by atoms with E-state index in [0.717, 1.165) is 33.3 Å². The van der Waals surface area contributed by atoms with Crippen molar-refractivity contribution >= 4 is 50.4 Å². The van der Waals surface area contributed by atoms with Crippen molar-refractivity contribution in [3.63, 3.8) is 0 Å². The number of hydrogen-bond acceptors (Lipinski definition) is 5. The molecule has 0 bridgehead atoms. The number of piperazine rings is 1. The highest BCUT2D eigenvalue weighted by Crippen LogP contribution is 2.36. The Morgan fingerprint density at radius 3 is 2.19 bits per heavy atom. The van der Waals surface area contributed by atoms with Crippen molar-refractivity contribution < 1.29 is 22.9 Å². The first-order valence-electron chi connectivity index (χ1n) is 14.7. The van der Waals surface area contributed by atoms with Gasteiger partial charge in [0, 0.05) is 49.1 Å². The molecule has 2 heterocycles. The van der Waals surface area contributed by atoms with Crippen molar-refractivity contribution in [3.05, 3.63) is 130 Å². The van der Waals surface area contributed by atoms with Gasteiger partial charge in [0.05, 0.1) is 16.3 Å². The zero-order valence-electron chi connectivity index (χ0n) is 24.6. The molecule has 1 aliphatic rings. The lowest BCUT2D eigenvalue weighted by Crippen LogP contribution is -2.48. The Balaban J connectivity index is 1.13. The maximum atomic E-state index is 13.9. The van der Waals surface area contributed by atoms with Gasteiger partial charge in [-0.2, -0.15) is 18.3 Å². The molecule has 1 aromatic heterocycles. The van der Waals surface area contributed by atoms with Gasteiger partial charge in [-0.25, -0.2) is 4.68 Å². The lowest BCUT2D eigenvalue weighted by molar-refractivity contribution is -0.384. The van der Waals surface area contributed by atoms with Crippen molar-refractivity contribution in [1.29, 1.82) is 0 Å². The van der Waals surface area contributed by atoms with Crippen molar-refractivity contribution in [1.82, 2.24) is 14.7 Å². The predicted molar refractivity (Wildman–Crippen MR) is 175 cm³/mol. The van der Waals surface area contributed by atoms with E-state index in [1.807, 2.05) is 66.7 Å². The van der Waals surface area contributed by atoms with Crippen LogP contribution in [0.1, 0.15) is 16.1 Å². The Morgan fingerprint density at radius 2 is 1.47 bits per heavy atom. The highest BCUT2D eigenvalue weighted by molar-refractivity contribution is 6.32. The molecule has 0 spiro atoms. The van der Waals surface area contributed by atoms with Gasteiger partial charge in [-0.15, -0.1) is 0 Å². The summed E-state index contributed by atoms with van der Waals surface area (Å²) in [6.07, 6.45) is -4.62. The Kier molecular flexibility index (Phi) is 7.56. The largest absolute Gasteiger partial charge is 0.435 e. The summed E-state index contributed by atoms with van der Waals surface area (Å²) in [7, 11) is 0. The molecule has 0 N–H and O–H groups in total. The molecule has 1 amide bonds. The zero-order chi connectivity index (χ0) is 32.9. The number of rotatable bonds is 5. The number of carbonyl (C=O) groups is 1. The molecule has 1 saturated heterocycles. The number of anilines is 1. The van der Waals surface area contributed by atoms with Crippen LogP contribution in [-0.4, -0.2) is 51.7 Å². The molecule has 0 aliphatic carbocycles. The Bertz CT molecular complexity index is 2170. The van der Waals surface area contributed by atoms with Gasteiger partial charge in [-0.3, -0.25) is 14.9 Å². The maximum absolute atomic E-state index is 13.9. The minimum absolute atomic E-state index is 0.0392. The smallest absolute Gasteiger partial charge is 0.368 e. The number of amides is 1. The summed E-state index contributed by atoms with van der Waals surface area (Å²) in [6.45, 7) is 1.76. The molecule has 47 heavy (non-hydrogen) atoms. The number of alkyl halides is 3. The first kappa shape index (κ1) is 30.2. The third-order valence-corrected chi connectivity index (χ3v) is 8.78. The first-order chi connectivity index (χ1) is 22.6. The second-order valence-corrected chi connectivity index (χ2v) is 11.7. The highest BCUT2D eigenvalue weighted by atomic mass is 35.5. The molecular formula is C35H25ClF3N5O3. The van der Waals surface area contributed by atoms with Gasteiger partial charge in [0.1, 0.15) is 5.02 Å². The van der Waals surface area contributed by atoms with E-state index in [4.69, 9.17) is 11.6 Å². The summed E-state index contributed by atoms with van der Waals surface area (Å²) in [6, 6.07) is 29.7. The summed E-state index contributed by atoms with van der Waals surface area (Å²) >= 11 is 5.89. The van der Waals surface area contributed by atoms with Crippen LogP contribution in [0.25, 0.3) is 38.5 Å². The SMILES string of the molecule is O=C(c1ccc(Cl)c([N+](=O)[O-])c1)N1CCN(c2ccc(-n3nc(C(F)(F)F)cc3-c3ccc4c(ccc5ccccc54)c3)cc2)CC1. The third-order valence-electron chi connectivity index (χ3n) is 8.46. The molecule has 12 heteroatoms. The molecule has 0 radical (unpaired) electrons. The van der Waals surface area contributed by atoms with Crippen LogP contribution in [0.3, 0.4) is 0 Å². The zero-order valence-corrected chi connectivity index (χ0v) is 25.4. The quantitative estimate of drug-likeness (QED) is 0.106. The standard InChI is InChI=1S/C35H25ClF3N5O3/c36-30-14-8-25(20-32(30)44(46)47)34(45)42-17-15-41(16-18-42)26-9-11-27(12-10-26)43-31(21-33(40-43)35(37,38)39)24-7-13-29-23(19-24)6-5-22-3-1-2-4-28(22)29/h1-14,19-21H,15-18H2.